The third-order valence-corrected chi connectivity index (χ3v) is 7.10. The van der Waals surface area contributed by atoms with Crippen molar-refractivity contribution in [2.75, 3.05) is 0 Å². The van der Waals surface area contributed by atoms with E-state index in [1.54, 1.807) is 27.7 Å². The second kappa shape index (κ2) is 8.71. The molecule has 0 saturated heterocycles. The van der Waals surface area contributed by atoms with Crippen molar-refractivity contribution in [3.63, 3.8) is 0 Å². The molecule has 0 spiro atoms. The second-order valence-corrected chi connectivity index (χ2v) is 11.2. The van der Waals surface area contributed by atoms with Crippen LogP contribution in [0.5, 0.6) is 0 Å². The van der Waals surface area contributed by atoms with E-state index >= 15 is 0 Å². The molecular weight excluding hydrogens is 455 g/mol. The van der Waals surface area contributed by atoms with Crippen LogP contribution < -0.4 is 0 Å². The number of rotatable bonds is 6. The highest BCUT2D eigenvalue weighted by molar-refractivity contribution is 7.89. The Labute approximate surface area is 185 Å². The minimum Gasteiger partial charge on any atom is -0.423 e. The van der Waals surface area contributed by atoms with Gasteiger partial charge in [-0.1, -0.05) is 46.2 Å². The Kier molecular flexibility index (Phi) is 7.19. The Balaban J connectivity index is 2.62. The molecule has 6 nitrogen and oxygen atoms in total. The molecule has 1 unspecified atom stereocenters. The fourth-order valence-electron chi connectivity index (χ4n) is 3.09. The summed E-state index contributed by atoms with van der Waals surface area (Å²) in [6.45, 7) is 12.6. The topological polar surface area (TPSA) is 76.3 Å². The summed E-state index contributed by atoms with van der Waals surface area (Å²) in [4.78, 5) is -0.419. The summed E-state index contributed by atoms with van der Waals surface area (Å²) in [5, 5.41) is 7.62. The van der Waals surface area contributed by atoms with Gasteiger partial charge in [0.15, 0.2) is 0 Å². The lowest BCUT2D eigenvalue weighted by atomic mass is 9.97. The smallest absolute Gasteiger partial charge is 0.416 e. The van der Waals surface area contributed by atoms with E-state index in [-0.39, 0.29) is 11.8 Å². The minimum absolute atomic E-state index is 0.111. The lowest BCUT2D eigenvalue weighted by molar-refractivity contribution is -0.137. The Hall–Kier alpha value is -1.65. The molecule has 0 aliphatic heterocycles. The van der Waals surface area contributed by atoms with E-state index in [2.05, 4.69) is 10.2 Å². The fourth-order valence-corrected chi connectivity index (χ4v) is 5.53. The number of sulfonamides is 1. The highest BCUT2D eigenvalue weighted by Crippen LogP contribution is 2.39. The first-order valence-electron chi connectivity index (χ1n) is 9.72. The molecule has 2 rings (SSSR count). The molecule has 11 heteroatoms. The summed E-state index contributed by atoms with van der Waals surface area (Å²) in [6.07, 6.45) is -4.64. The molecule has 1 aromatic heterocycles. The quantitative estimate of drug-likeness (QED) is 0.518. The molecule has 0 saturated carbocycles. The van der Waals surface area contributed by atoms with Crippen LogP contribution in [0.3, 0.4) is 0 Å². The van der Waals surface area contributed by atoms with Gasteiger partial charge in [-0.2, -0.15) is 17.5 Å². The molecule has 0 N–H and O–H groups in total. The summed E-state index contributed by atoms with van der Waals surface area (Å²) in [6, 6.07) is 0.780. The van der Waals surface area contributed by atoms with Crippen LogP contribution in [0.1, 0.15) is 71.9 Å². The van der Waals surface area contributed by atoms with Gasteiger partial charge in [0.1, 0.15) is 10.9 Å². The van der Waals surface area contributed by atoms with Crippen LogP contribution in [-0.2, 0) is 21.6 Å². The molecule has 0 aliphatic rings. The van der Waals surface area contributed by atoms with Gasteiger partial charge >= 0.3 is 6.18 Å². The number of hydrogen-bond donors (Lipinski definition) is 0. The Morgan fingerprint density at radius 3 is 2.03 bits per heavy atom. The van der Waals surface area contributed by atoms with Crippen molar-refractivity contribution in [3.8, 4) is 0 Å². The first-order valence-corrected chi connectivity index (χ1v) is 11.5. The number of halogens is 4. The van der Waals surface area contributed by atoms with Gasteiger partial charge in [0.05, 0.1) is 10.6 Å². The van der Waals surface area contributed by atoms with Crippen LogP contribution in [0.4, 0.5) is 13.2 Å². The molecule has 1 atom stereocenters. The monoisotopic (exact) mass is 481 g/mol. The van der Waals surface area contributed by atoms with E-state index in [1.165, 1.54) is 0 Å². The maximum Gasteiger partial charge on any atom is 0.416 e. The summed E-state index contributed by atoms with van der Waals surface area (Å²) >= 11 is 6.01. The number of nitrogens with zero attached hydrogens (tertiary/aromatic N) is 3. The average molecular weight is 482 g/mol. The van der Waals surface area contributed by atoms with Crippen LogP contribution in [-0.4, -0.2) is 29.0 Å². The molecule has 0 radical (unpaired) electrons. The standard InChI is InChI=1S/C20H27ClF3N3O3S/c1-11(2)16(17-25-26-18(30-17)19(5,6)7)27(12(3)4)31(28,29)15-9-8-13(10-14(15)21)20(22,23)24/h8-12,16H,1-7H3. The lowest BCUT2D eigenvalue weighted by Crippen LogP contribution is -2.42. The lowest BCUT2D eigenvalue weighted by Gasteiger charge is -2.34. The third-order valence-electron chi connectivity index (χ3n) is 4.56. The third kappa shape index (κ3) is 5.40. The predicted molar refractivity (Wildman–Crippen MR) is 111 cm³/mol. The van der Waals surface area contributed by atoms with E-state index in [9.17, 15) is 21.6 Å². The van der Waals surface area contributed by atoms with E-state index < -0.39 is 49.2 Å². The van der Waals surface area contributed by atoms with Crippen LogP contribution >= 0.6 is 11.6 Å². The van der Waals surface area contributed by atoms with Gasteiger partial charge in [-0.15, -0.1) is 10.2 Å². The summed E-state index contributed by atoms with van der Waals surface area (Å²) in [5.41, 5.74) is -1.47. The molecule has 0 fully saturated rings. The maximum atomic E-state index is 13.5. The largest absolute Gasteiger partial charge is 0.423 e. The van der Waals surface area contributed by atoms with Crippen LogP contribution in [0.15, 0.2) is 27.5 Å². The highest BCUT2D eigenvalue weighted by atomic mass is 35.5. The minimum atomic E-state index is -4.64. The van der Waals surface area contributed by atoms with Crippen LogP contribution in [0.25, 0.3) is 0 Å². The Morgan fingerprint density at radius 2 is 1.65 bits per heavy atom. The molecular formula is C20H27ClF3N3O3S. The van der Waals surface area contributed by atoms with Crippen LogP contribution in [0, 0.1) is 5.92 Å². The van der Waals surface area contributed by atoms with Crippen molar-refractivity contribution in [1.29, 1.82) is 0 Å². The highest BCUT2D eigenvalue weighted by Gasteiger charge is 2.41. The van der Waals surface area contributed by atoms with E-state index in [4.69, 9.17) is 16.0 Å². The zero-order chi connectivity index (χ0) is 23.9. The number of alkyl halides is 3. The van der Waals surface area contributed by atoms with Gasteiger partial charge in [0.2, 0.25) is 21.8 Å². The van der Waals surface area contributed by atoms with Crippen molar-refractivity contribution >= 4 is 21.6 Å². The SMILES string of the molecule is CC(C)C(c1nnc(C(C)(C)C)o1)N(C(C)C)S(=O)(=O)c1ccc(C(F)(F)F)cc1Cl. The molecule has 1 heterocycles. The number of aromatic nitrogens is 2. The molecule has 2 aromatic rings. The number of hydrogen-bond acceptors (Lipinski definition) is 5. The molecule has 174 valence electrons. The zero-order valence-corrected chi connectivity index (χ0v) is 20.0. The zero-order valence-electron chi connectivity index (χ0n) is 18.5. The van der Waals surface area contributed by atoms with Crippen LogP contribution in [0.2, 0.25) is 5.02 Å². The summed E-state index contributed by atoms with van der Waals surface area (Å²) in [5.74, 6) is 0.181. The van der Waals surface area contributed by atoms with Gasteiger partial charge in [0, 0.05) is 11.5 Å². The first kappa shape index (κ1) is 25.6. The van der Waals surface area contributed by atoms with Crippen molar-refractivity contribution in [1.82, 2.24) is 14.5 Å². The van der Waals surface area contributed by atoms with Gasteiger partial charge < -0.3 is 4.42 Å². The van der Waals surface area contributed by atoms with Gasteiger partial charge in [-0.05, 0) is 38.0 Å². The maximum absolute atomic E-state index is 13.5. The average Bonchev–Trinajstić information content (AvgIpc) is 3.07. The molecule has 0 amide bonds. The van der Waals surface area contributed by atoms with E-state index in [1.807, 2.05) is 20.8 Å². The first-order chi connectivity index (χ1) is 14.0. The molecule has 1 aromatic carbocycles. The Bertz CT molecular complexity index is 1030. The van der Waals surface area contributed by atoms with Gasteiger partial charge in [-0.3, -0.25) is 0 Å². The normalized spacial score (nSPS) is 14.6. The number of benzene rings is 1. The van der Waals surface area contributed by atoms with Crippen molar-refractivity contribution in [2.45, 2.75) is 77.0 Å². The van der Waals surface area contributed by atoms with Crippen molar-refractivity contribution in [2.24, 2.45) is 5.92 Å². The fraction of sp³-hybridized carbons (Fsp3) is 0.600. The van der Waals surface area contributed by atoms with E-state index in [0.29, 0.717) is 18.0 Å². The van der Waals surface area contributed by atoms with Crippen molar-refractivity contribution < 1.29 is 26.0 Å². The van der Waals surface area contributed by atoms with Gasteiger partial charge in [0.25, 0.3) is 0 Å². The molecule has 0 bridgehead atoms. The molecule has 0 aliphatic carbocycles. The molecule has 31 heavy (non-hydrogen) atoms. The van der Waals surface area contributed by atoms with Crippen molar-refractivity contribution in [3.05, 3.63) is 40.6 Å². The Morgan fingerprint density at radius 1 is 1.06 bits per heavy atom. The van der Waals surface area contributed by atoms with E-state index in [0.717, 1.165) is 10.4 Å². The predicted octanol–water partition coefficient (Wildman–Crippen LogP) is 5.84. The summed E-state index contributed by atoms with van der Waals surface area (Å²) < 4.78 is 73.0. The summed E-state index contributed by atoms with van der Waals surface area (Å²) in [7, 11) is -4.31. The van der Waals surface area contributed by atoms with Gasteiger partial charge in [-0.25, -0.2) is 8.42 Å². The second-order valence-electron chi connectivity index (χ2n) is 8.96.